The molecule has 0 radical (unpaired) electrons. The number of rotatable bonds is 7. The molecule has 2 aromatic rings. The molecule has 2 aromatic carbocycles. The zero-order valence-corrected chi connectivity index (χ0v) is 18.4. The molecule has 1 unspecified atom stereocenters. The number of benzene rings is 2. The summed E-state index contributed by atoms with van der Waals surface area (Å²) >= 11 is 5.90. The number of ether oxygens (including phenoxy) is 1. The fourth-order valence-electron chi connectivity index (χ4n) is 3.69. The quantitative estimate of drug-likeness (QED) is 0.709. The van der Waals surface area contributed by atoms with Crippen LogP contribution in [0, 0.1) is 13.8 Å². The molecule has 0 bridgehead atoms. The maximum atomic E-state index is 12.5. The lowest BCUT2D eigenvalue weighted by Gasteiger charge is -2.35. The number of hydrogen-bond acceptors (Lipinski definition) is 4. The van der Waals surface area contributed by atoms with Crippen LogP contribution in [-0.4, -0.2) is 43.0 Å². The normalized spacial score (nSPS) is 16.8. The minimum Gasteiger partial charge on any atom is -0.496 e. The number of hydrogen-bond donors (Lipinski definition) is 2. The maximum Gasteiger partial charge on any atom is 0.237 e. The summed E-state index contributed by atoms with van der Waals surface area (Å²) in [6, 6.07) is 10.8. The smallest absolute Gasteiger partial charge is 0.237 e. The average molecular weight is 430 g/mol. The number of carbonyl (C=O) groups excluding carboxylic acids is 2. The molecule has 0 spiro atoms. The summed E-state index contributed by atoms with van der Waals surface area (Å²) in [6.45, 7) is 6.38. The van der Waals surface area contributed by atoms with E-state index in [0.717, 1.165) is 28.0 Å². The molecule has 0 aromatic heterocycles. The van der Waals surface area contributed by atoms with Crippen molar-refractivity contribution in [2.45, 2.75) is 39.4 Å². The summed E-state index contributed by atoms with van der Waals surface area (Å²) < 4.78 is 5.39. The lowest BCUT2D eigenvalue weighted by Crippen LogP contribution is -2.56. The molecule has 3 rings (SSSR count). The van der Waals surface area contributed by atoms with Crippen LogP contribution in [0.15, 0.2) is 36.4 Å². The van der Waals surface area contributed by atoms with Crippen LogP contribution in [0.3, 0.4) is 0 Å². The molecule has 1 aliphatic heterocycles. The van der Waals surface area contributed by atoms with E-state index in [1.54, 1.807) is 19.2 Å². The van der Waals surface area contributed by atoms with Crippen LogP contribution in [0.25, 0.3) is 0 Å². The van der Waals surface area contributed by atoms with Crippen LogP contribution in [0.5, 0.6) is 5.75 Å². The van der Waals surface area contributed by atoms with Gasteiger partial charge in [-0.2, -0.15) is 0 Å². The summed E-state index contributed by atoms with van der Waals surface area (Å²) in [7, 11) is 1.66. The van der Waals surface area contributed by atoms with Gasteiger partial charge >= 0.3 is 0 Å². The molecule has 6 nitrogen and oxygen atoms in total. The van der Waals surface area contributed by atoms with Crippen molar-refractivity contribution in [3.05, 3.63) is 63.7 Å². The molecule has 2 amide bonds. The van der Waals surface area contributed by atoms with Gasteiger partial charge in [-0.05, 0) is 54.3 Å². The number of nitrogens with zero attached hydrogens (tertiary/aromatic N) is 1. The molecule has 0 aliphatic carbocycles. The summed E-state index contributed by atoms with van der Waals surface area (Å²) in [5.41, 5.74) is 4.33. The first-order valence-corrected chi connectivity index (χ1v) is 10.4. The van der Waals surface area contributed by atoms with Gasteiger partial charge in [0.2, 0.25) is 11.8 Å². The summed E-state index contributed by atoms with van der Waals surface area (Å²) in [5.74, 6) is 0.594. The van der Waals surface area contributed by atoms with E-state index in [1.165, 1.54) is 0 Å². The first-order chi connectivity index (χ1) is 14.4. The fourth-order valence-corrected chi connectivity index (χ4v) is 3.81. The van der Waals surface area contributed by atoms with Gasteiger partial charge in [0, 0.05) is 31.2 Å². The largest absolute Gasteiger partial charge is 0.496 e. The Balaban J connectivity index is 1.66. The van der Waals surface area contributed by atoms with Crippen molar-refractivity contribution in [2.24, 2.45) is 0 Å². The van der Waals surface area contributed by atoms with E-state index < -0.39 is 6.04 Å². The van der Waals surface area contributed by atoms with E-state index in [2.05, 4.69) is 22.5 Å². The Kier molecular flexibility index (Phi) is 7.34. The second-order valence-corrected chi connectivity index (χ2v) is 8.00. The maximum absolute atomic E-state index is 12.5. The third-order valence-corrected chi connectivity index (χ3v) is 5.92. The fraction of sp³-hybridized carbons (Fsp3) is 0.391. The lowest BCUT2D eigenvalue weighted by molar-refractivity contribution is -0.134. The molecule has 0 saturated carbocycles. The van der Waals surface area contributed by atoms with Gasteiger partial charge in [0.05, 0.1) is 19.6 Å². The second-order valence-electron chi connectivity index (χ2n) is 7.56. The molecule has 1 heterocycles. The Labute approximate surface area is 182 Å². The zero-order valence-electron chi connectivity index (χ0n) is 17.6. The molecular formula is C23H28ClN3O3. The Morgan fingerprint density at radius 1 is 1.20 bits per heavy atom. The van der Waals surface area contributed by atoms with Gasteiger partial charge in [-0.3, -0.25) is 14.5 Å². The highest BCUT2D eigenvalue weighted by atomic mass is 35.5. The van der Waals surface area contributed by atoms with Crippen LogP contribution >= 0.6 is 11.6 Å². The Morgan fingerprint density at radius 3 is 2.63 bits per heavy atom. The number of amides is 2. The van der Waals surface area contributed by atoms with Crippen LogP contribution in [0.1, 0.15) is 28.7 Å². The molecule has 1 saturated heterocycles. The van der Waals surface area contributed by atoms with Crippen molar-refractivity contribution >= 4 is 23.4 Å². The molecule has 1 fully saturated rings. The highest BCUT2D eigenvalue weighted by molar-refractivity contribution is 6.30. The summed E-state index contributed by atoms with van der Waals surface area (Å²) in [5, 5.41) is 6.44. The number of halogens is 1. The van der Waals surface area contributed by atoms with Gasteiger partial charge in [0.15, 0.2) is 0 Å². The zero-order chi connectivity index (χ0) is 21.7. The topological polar surface area (TPSA) is 70.7 Å². The van der Waals surface area contributed by atoms with E-state index in [0.29, 0.717) is 31.2 Å². The molecule has 2 N–H and O–H groups in total. The highest BCUT2D eigenvalue weighted by Gasteiger charge is 2.31. The first-order valence-electron chi connectivity index (χ1n) is 10.0. The Bertz CT molecular complexity index is 915. The van der Waals surface area contributed by atoms with E-state index in [4.69, 9.17) is 16.3 Å². The Hall–Kier alpha value is -2.57. The van der Waals surface area contributed by atoms with Gasteiger partial charge in [-0.1, -0.05) is 29.8 Å². The molecule has 1 atom stereocenters. The van der Waals surface area contributed by atoms with Crippen molar-refractivity contribution in [3.63, 3.8) is 0 Å². The lowest BCUT2D eigenvalue weighted by atomic mass is 10.00. The summed E-state index contributed by atoms with van der Waals surface area (Å²) in [4.78, 5) is 27.1. The standard InChI is InChI=1S/C23H28ClN3O3/c1-15-16(2)21(30-3)9-6-18(15)14-27-11-10-25-23(29)20(27)12-22(28)26-13-17-4-7-19(24)8-5-17/h4-9,20H,10-14H2,1-3H3,(H,25,29)(H,26,28). The second kappa shape index (κ2) is 9.96. The molecular weight excluding hydrogens is 402 g/mol. The van der Waals surface area contributed by atoms with Crippen molar-refractivity contribution in [3.8, 4) is 5.75 Å². The Morgan fingerprint density at radius 2 is 1.93 bits per heavy atom. The molecule has 1 aliphatic rings. The summed E-state index contributed by atoms with van der Waals surface area (Å²) in [6.07, 6.45) is 0.119. The third-order valence-electron chi connectivity index (χ3n) is 5.67. The van der Waals surface area contributed by atoms with E-state index >= 15 is 0 Å². The molecule has 160 valence electrons. The minimum atomic E-state index is -0.495. The predicted molar refractivity (Wildman–Crippen MR) is 118 cm³/mol. The van der Waals surface area contributed by atoms with Gasteiger partial charge in [-0.15, -0.1) is 0 Å². The van der Waals surface area contributed by atoms with Crippen molar-refractivity contribution in [1.82, 2.24) is 15.5 Å². The van der Waals surface area contributed by atoms with Crippen molar-refractivity contribution in [1.29, 1.82) is 0 Å². The van der Waals surface area contributed by atoms with Crippen molar-refractivity contribution < 1.29 is 14.3 Å². The van der Waals surface area contributed by atoms with Crippen molar-refractivity contribution in [2.75, 3.05) is 20.2 Å². The van der Waals surface area contributed by atoms with Crippen LogP contribution in [-0.2, 0) is 22.7 Å². The average Bonchev–Trinajstić information content (AvgIpc) is 2.73. The number of piperazine rings is 1. The van der Waals surface area contributed by atoms with E-state index in [9.17, 15) is 9.59 Å². The monoisotopic (exact) mass is 429 g/mol. The van der Waals surface area contributed by atoms with Crippen LogP contribution < -0.4 is 15.4 Å². The SMILES string of the molecule is COc1ccc(CN2CCNC(=O)C2CC(=O)NCc2ccc(Cl)cc2)c(C)c1C. The van der Waals surface area contributed by atoms with E-state index in [-0.39, 0.29) is 18.2 Å². The number of methoxy groups -OCH3 is 1. The van der Waals surface area contributed by atoms with Crippen LogP contribution in [0.4, 0.5) is 0 Å². The molecule has 30 heavy (non-hydrogen) atoms. The van der Waals surface area contributed by atoms with Gasteiger partial charge in [0.25, 0.3) is 0 Å². The highest BCUT2D eigenvalue weighted by Crippen LogP contribution is 2.26. The van der Waals surface area contributed by atoms with Gasteiger partial charge in [-0.25, -0.2) is 0 Å². The van der Waals surface area contributed by atoms with E-state index in [1.807, 2.05) is 31.2 Å². The van der Waals surface area contributed by atoms with Gasteiger partial charge < -0.3 is 15.4 Å². The third kappa shape index (κ3) is 5.32. The van der Waals surface area contributed by atoms with Gasteiger partial charge in [0.1, 0.15) is 5.75 Å². The minimum absolute atomic E-state index is 0.106. The predicted octanol–water partition coefficient (Wildman–Crippen LogP) is 2.97. The number of nitrogens with one attached hydrogen (secondary N) is 2. The number of carbonyl (C=O) groups is 2. The first kappa shape index (κ1) is 22.1. The molecule has 7 heteroatoms. The van der Waals surface area contributed by atoms with Crippen LogP contribution in [0.2, 0.25) is 5.02 Å².